The van der Waals surface area contributed by atoms with E-state index in [2.05, 4.69) is 91.2 Å². The molecule has 3 heteroatoms. The van der Waals surface area contributed by atoms with Gasteiger partial charge in [0.15, 0.2) is 5.58 Å². The molecule has 0 radical (unpaired) electrons. The van der Waals surface area contributed by atoms with Crippen LogP contribution in [0.15, 0.2) is 101 Å². The summed E-state index contributed by atoms with van der Waals surface area (Å²) in [5.41, 5.74) is 9.36. The Morgan fingerprint density at radius 1 is 0.686 bits per heavy atom. The Hall–Kier alpha value is -4.37. The van der Waals surface area contributed by atoms with Gasteiger partial charge in [0.2, 0.25) is 0 Å². The Labute approximate surface area is 202 Å². The number of hydrogen-bond acceptors (Lipinski definition) is 2. The number of para-hydroxylation sites is 3. The zero-order valence-corrected chi connectivity index (χ0v) is 19.5. The van der Waals surface area contributed by atoms with Crippen molar-refractivity contribution in [2.24, 2.45) is 0 Å². The SMILES string of the molecule is CC1(C)c2ccccc2-c2c1ccc1cc3c(cc21)c1ccccc1n3-c1nc2ccccc2o1. The van der Waals surface area contributed by atoms with Gasteiger partial charge in [0, 0.05) is 16.2 Å². The van der Waals surface area contributed by atoms with E-state index in [1.54, 1.807) is 0 Å². The van der Waals surface area contributed by atoms with E-state index in [-0.39, 0.29) is 5.41 Å². The average Bonchev–Trinajstić information content (AvgIpc) is 3.51. The third-order valence-electron chi connectivity index (χ3n) is 7.83. The van der Waals surface area contributed by atoms with Gasteiger partial charge in [-0.05, 0) is 63.4 Å². The maximum atomic E-state index is 6.24. The first-order valence-corrected chi connectivity index (χ1v) is 12.1. The smallest absolute Gasteiger partial charge is 0.307 e. The van der Waals surface area contributed by atoms with Gasteiger partial charge >= 0.3 is 6.01 Å². The Morgan fingerprint density at radius 2 is 1.49 bits per heavy atom. The minimum atomic E-state index is -0.0126. The van der Waals surface area contributed by atoms with Gasteiger partial charge in [0.05, 0.1) is 11.0 Å². The van der Waals surface area contributed by atoms with Crippen molar-refractivity contribution in [1.29, 1.82) is 0 Å². The number of hydrogen-bond donors (Lipinski definition) is 0. The fraction of sp³-hybridized carbons (Fsp3) is 0.0938. The third kappa shape index (κ3) is 2.37. The summed E-state index contributed by atoms with van der Waals surface area (Å²) in [6.45, 7) is 4.67. The molecular weight excluding hydrogens is 428 g/mol. The number of rotatable bonds is 1. The molecule has 0 N–H and O–H groups in total. The summed E-state index contributed by atoms with van der Waals surface area (Å²) in [6.07, 6.45) is 0. The summed E-state index contributed by atoms with van der Waals surface area (Å²) in [5.74, 6) is 0. The lowest BCUT2D eigenvalue weighted by molar-refractivity contribution is 0.574. The topological polar surface area (TPSA) is 31.0 Å². The van der Waals surface area contributed by atoms with Crippen molar-refractivity contribution in [3.63, 3.8) is 0 Å². The predicted octanol–water partition coefficient (Wildman–Crippen LogP) is 8.38. The Balaban J connectivity index is 1.52. The lowest BCUT2D eigenvalue weighted by atomic mass is 9.82. The van der Waals surface area contributed by atoms with E-state index in [1.807, 2.05) is 24.3 Å². The van der Waals surface area contributed by atoms with Crippen molar-refractivity contribution in [2.75, 3.05) is 0 Å². The van der Waals surface area contributed by atoms with Crippen molar-refractivity contribution in [2.45, 2.75) is 19.3 Å². The number of benzene rings is 5. The highest BCUT2D eigenvalue weighted by Crippen LogP contribution is 2.51. The lowest BCUT2D eigenvalue weighted by Gasteiger charge is -2.21. The van der Waals surface area contributed by atoms with E-state index >= 15 is 0 Å². The van der Waals surface area contributed by atoms with Crippen LogP contribution in [0.5, 0.6) is 0 Å². The highest BCUT2D eigenvalue weighted by molar-refractivity contribution is 6.16. The first-order chi connectivity index (χ1) is 17.1. The van der Waals surface area contributed by atoms with Crippen molar-refractivity contribution >= 4 is 43.7 Å². The van der Waals surface area contributed by atoms with E-state index in [9.17, 15) is 0 Å². The van der Waals surface area contributed by atoms with Crippen LogP contribution in [0.4, 0.5) is 0 Å². The summed E-state index contributed by atoms with van der Waals surface area (Å²) in [5, 5.41) is 4.94. The molecule has 0 amide bonds. The van der Waals surface area contributed by atoms with Crippen LogP contribution in [0.1, 0.15) is 25.0 Å². The van der Waals surface area contributed by atoms with E-state index in [1.165, 1.54) is 43.8 Å². The van der Waals surface area contributed by atoms with Crippen molar-refractivity contribution in [1.82, 2.24) is 9.55 Å². The molecule has 166 valence electrons. The molecule has 0 unspecified atom stereocenters. The van der Waals surface area contributed by atoms with Gasteiger partial charge in [-0.25, -0.2) is 0 Å². The molecule has 8 rings (SSSR count). The second kappa shape index (κ2) is 6.39. The van der Waals surface area contributed by atoms with Crippen LogP contribution in [0.2, 0.25) is 0 Å². The van der Waals surface area contributed by atoms with Crippen molar-refractivity contribution < 1.29 is 4.42 Å². The second-order valence-corrected chi connectivity index (χ2v) is 10.1. The lowest BCUT2D eigenvalue weighted by Crippen LogP contribution is -2.14. The van der Waals surface area contributed by atoms with Crippen LogP contribution in [-0.4, -0.2) is 9.55 Å². The van der Waals surface area contributed by atoms with Gasteiger partial charge in [-0.1, -0.05) is 80.6 Å². The standard InChI is InChI=1S/C32H22N2O/c1-32(2)24-11-5-3-10-21(24)30-22-18-23-20-9-4-7-13-27(20)34(28(23)17-19(22)15-16-25(30)32)31-33-26-12-6-8-14-29(26)35-31/h3-18H,1-2H3. The van der Waals surface area contributed by atoms with Gasteiger partial charge in [0.25, 0.3) is 0 Å². The summed E-state index contributed by atoms with van der Waals surface area (Å²) < 4.78 is 8.40. The van der Waals surface area contributed by atoms with Gasteiger partial charge < -0.3 is 4.42 Å². The van der Waals surface area contributed by atoms with Crippen LogP contribution >= 0.6 is 0 Å². The predicted molar refractivity (Wildman–Crippen MR) is 143 cm³/mol. The fourth-order valence-electron chi connectivity index (χ4n) is 6.15. The van der Waals surface area contributed by atoms with Crippen molar-refractivity contribution in [3.05, 3.63) is 108 Å². The highest BCUT2D eigenvalue weighted by Gasteiger charge is 2.36. The fourth-order valence-corrected chi connectivity index (χ4v) is 6.15. The molecule has 0 bridgehead atoms. The molecule has 0 spiro atoms. The highest BCUT2D eigenvalue weighted by atomic mass is 16.4. The Kier molecular flexibility index (Phi) is 3.47. The molecule has 5 aromatic carbocycles. The molecule has 0 saturated heterocycles. The van der Waals surface area contributed by atoms with Gasteiger partial charge in [-0.3, -0.25) is 4.57 Å². The van der Waals surface area contributed by atoms with Crippen LogP contribution in [0.25, 0.3) is 60.8 Å². The Bertz CT molecular complexity index is 1950. The Morgan fingerprint density at radius 3 is 2.40 bits per heavy atom. The monoisotopic (exact) mass is 450 g/mol. The van der Waals surface area contributed by atoms with Crippen LogP contribution in [0, 0.1) is 0 Å². The molecule has 35 heavy (non-hydrogen) atoms. The first kappa shape index (κ1) is 19.0. The number of fused-ring (bicyclic) bond motifs is 9. The number of oxazole rings is 1. The third-order valence-corrected chi connectivity index (χ3v) is 7.83. The second-order valence-electron chi connectivity index (χ2n) is 10.1. The molecule has 1 aliphatic carbocycles. The molecule has 3 nitrogen and oxygen atoms in total. The van der Waals surface area contributed by atoms with Crippen LogP contribution < -0.4 is 0 Å². The molecule has 0 atom stereocenters. The summed E-state index contributed by atoms with van der Waals surface area (Å²) >= 11 is 0. The number of aromatic nitrogens is 2. The molecule has 1 aliphatic rings. The molecule has 7 aromatic rings. The van der Waals surface area contributed by atoms with Gasteiger partial charge in [-0.15, -0.1) is 0 Å². The molecular formula is C32H22N2O. The molecule has 0 saturated carbocycles. The quantitative estimate of drug-likeness (QED) is 0.251. The van der Waals surface area contributed by atoms with Gasteiger partial charge in [-0.2, -0.15) is 4.98 Å². The average molecular weight is 451 g/mol. The molecule has 2 aromatic heterocycles. The van der Waals surface area contributed by atoms with Crippen LogP contribution in [-0.2, 0) is 5.41 Å². The first-order valence-electron chi connectivity index (χ1n) is 12.1. The summed E-state index contributed by atoms with van der Waals surface area (Å²) in [4.78, 5) is 4.84. The van der Waals surface area contributed by atoms with E-state index < -0.39 is 0 Å². The minimum absolute atomic E-state index is 0.0126. The largest absolute Gasteiger partial charge is 0.423 e. The minimum Gasteiger partial charge on any atom is -0.423 e. The van der Waals surface area contributed by atoms with E-state index in [0.29, 0.717) is 6.01 Å². The van der Waals surface area contributed by atoms with Crippen LogP contribution in [0.3, 0.4) is 0 Å². The van der Waals surface area contributed by atoms with E-state index in [4.69, 9.17) is 9.40 Å². The molecule has 2 heterocycles. The normalized spacial score (nSPS) is 14.2. The summed E-state index contributed by atoms with van der Waals surface area (Å²) in [7, 11) is 0. The maximum Gasteiger partial charge on any atom is 0.307 e. The maximum absolute atomic E-state index is 6.24. The van der Waals surface area contributed by atoms with Gasteiger partial charge in [0.1, 0.15) is 5.52 Å². The van der Waals surface area contributed by atoms with Crippen molar-refractivity contribution in [3.8, 4) is 17.1 Å². The zero-order chi connectivity index (χ0) is 23.3. The molecule has 0 aliphatic heterocycles. The zero-order valence-electron chi connectivity index (χ0n) is 19.5. The summed E-state index contributed by atoms with van der Waals surface area (Å²) in [6, 6.07) is 35.2. The number of nitrogens with zero attached hydrogens (tertiary/aromatic N) is 2. The van der Waals surface area contributed by atoms with E-state index in [0.717, 1.165) is 22.1 Å². The molecule has 0 fully saturated rings.